The molecule has 1 aliphatic rings. The largest absolute Gasteiger partial charge is 0.356 e. The number of anilines is 1. The molecule has 2 aromatic rings. The molecule has 0 N–H and O–H groups in total. The third kappa shape index (κ3) is 3.01. The summed E-state index contributed by atoms with van der Waals surface area (Å²) in [7, 11) is 2.18. The van der Waals surface area contributed by atoms with E-state index in [4.69, 9.17) is 16.6 Å². The topological polar surface area (TPSA) is 16.1 Å². The fourth-order valence-corrected chi connectivity index (χ4v) is 3.68. The molecule has 1 saturated carbocycles. The minimum atomic E-state index is 0.514. The van der Waals surface area contributed by atoms with Gasteiger partial charge in [-0.25, -0.2) is 4.98 Å². The van der Waals surface area contributed by atoms with Crippen LogP contribution in [-0.4, -0.2) is 18.1 Å². The molecule has 1 fully saturated rings. The number of nitrogens with zero attached hydrogens (tertiary/aromatic N) is 2. The zero-order valence-electron chi connectivity index (χ0n) is 12.8. The lowest BCUT2D eigenvalue weighted by atomic mass is 9.86. The molecule has 112 valence electrons. The zero-order valence-corrected chi connectivity index (χ0v) is 13.6. The number of pyridine rings is 1. The van der Waals surface area contributed by atoms with Crippen LogP contribution in [0.5, 0.6) is 0 Å². The monoisotopic (exact) mass is 302 g/mol. The molecule has 21 heavy (non-hydrogen) atoms. The average Bonchev–Trinajstić information content (AvgIpc) is 2.53. The lowest BCUT2D eigenvalue weighted by Gasteiger charge is -2.35. The maximum absolute atomic E-state index is 6.18. The van der Waals surface area contributed by atoms with E-state index in [2.05, 4.69) is 37.1 Å². The number of fused-ring (bicyclic) bond motifs is 1. The Balaban J connectivity index is 1.97. The third-order valence-corrected chi connectivity index (χ3v) is 5.00. The van der Waals surface area contributed by atoms with E-state index in [9.17, 15) is 0 Å². The highest BCUT2D eigenvalue weighted by molar-refractivity contribution is 6.17. The molecule has 0 bridgehead atoms. The highest BCUT2D eigenvalue weighted by atomic mass is 35.5. The molecule has 1 aromatic carbocycles. The van der Waals surface area contributed by atoms with Gasteiger partial charge >= 0.3 is 0 Å². The Morgan fingerprint density at radius 2 is 2.10 bits per heavy atom. The lowest BCUT2D eigenvalue weighted by Crippen LogP contribution is -2.36. The van der Waals surface area contributed by atoms with Crippen LogP contribution in [0.2, 0.25) is 0 Å². The smallest absolute Gasteiger partial charge is 0.133 e. The Labute approximate surface area is 132 Å². The molecule has 2 atom stereocenters. The first-order valence-corrected chi connectivity index (χ1v) is 8.40. The van der Waals surface area contributed by atoms with Crippen molar-refractivity contribution in [3.63, 3.8) is 0 Å². The summed E-state index contributed by atoms with van der Waals surface area (Å²) in [6, 6.07) is 11.0. The molecule has 3 heteroatoms. The summed E-state index contributed by atoms with van der Waals surface area (Å²) in [4.78, 5) is 7.25. The highest BCUT2D eigenvalue weighted by Crippen LogP contribution is 2.32. The molecule has 1 aliphatic carbocycles. The van der Waals surface area contributed by atoms with Crippen LogP contribution < -0.4 is 4.90 Å². The Morgan fingerprint density at radius 1 is 1.29 bits per heavy atom. The highest BCUT2D eigenvalue weighted by Gasteiger charge is 2.24. The maximum Gasteiger partial charge on any atom is 0.133 e. The average molecular weight is 303 g/mol. The molecule has 2 unspecified atom stereocenters. The van der Waals surface area contributed by atoms with Crippen LogP contribution in [0.3, 0.4) is 0 Å². The van der Waals surface area contributed by atoms with Crippen molar-refractivity contribution >= 4 is 28.3 Å². The number of para-hydroxylation sites is 1. The first-order chi connectivity index (χ1) is 10.2. The first-order valence-electron chi connectivity index (χ1n) is 7.86. The van der Waals surface area contributed by atoms with Gasteiger partial charge in [-0.15, -0.1) is 11.6 Å². The van der Waals surface area contributed by atoms with Gasteiger partial charge in [0.15, 0.2) is 0 Å². The number of hydrogen-bond acceptors (Lipinski definition) is 2. The van der Waals surface area contributed by atoms with Gasteiger partial charge in [-0.2, -0.15) is 0 Å². The van der Waals surface area contributed by atoms with Crippen LogP contribution in [-0.2, 0) is 5.88 Å². The number of benzene rings is 1. The summed E-state index contributed by atoms with van der Waals surface area (Å²) in [5.41, 5.74) is 2.19. The number of aromatic nitrogens is 1. The molecule has 0 spiro atoms. The number of halogens is 1. The van der Waals surface area contributed by atoms with Crippen molar-refractivity contribution in [3.05, 3.63) is 35.9 Å². The van der Waals surface area contributed by atoms with Crippen LogP contribution in [0.1, 0.15) is 38.2 Å². The molecule has 2 nitrogen and oxygen atoms in total. The zero-order chi connectivity index (χ0) is 14.8. The van der Waals surface area contributed by atoms with E-state index in [1.807, 2.05) is 12.1 Å². The quantitative estimate of drug-likeness (QED) is 0.743. The SMILES string of the molecule is CC1CCCC(N(C)c2nc3ccccc3cc2CCl)C1. The fourth-order valence-electron chi connectivity index (χ4n) is 3.48. The molecule has 0 radical (unpaired) electrons. The first kappa shape index (κ1) is 14.6. The normalized spacial score (nSPS) is 22.4. The van der Waals surface area contributed by atoms with E-state index >= 15 is 0 Å². The van der Waals surface area contributed by atoms with Gasteiger partial charge in [-0.05, 0) is 30.9 Å². The van der Waals surface area contributed by atoms with Gasteiger partial charge in [0.25, 0.3) is 0 Å². The van der Waals surface area contributed by atoms with Crippen molar-refractivity contribution in [2.24, 2.45) is 5.92 Å². The van der Waals surface area contributed by atoms with Gasteiger partial charge in [-0.1, -0.05) is 38.0 Å². The van der Waals surface area contributed by atoms with Crippen LogP contribution in [0.15, 0.2) is 30.3 Å². The lowest BCUT2D eigenvalue weighted by molar-refractivity contribution is 0.335. The van der Waals surface area contributed by atoms with Crippen molar-refractivity contribution in [1.82, 2.24) is 4.98 Å². The second-order valence-electron chi connectivity index (χ2n) is 6.33. The van der Waals surface area contributed by atoms with Crippen LogP contribution >= 0.6 is 11.6 Å². The predicted octanol–water partition coefficient (Wildman–Crippen LogP) is 4.99. The van der Waals surface area contributed by atoms with Crippen molar-refractivity contribution in [1.29, 1.82) is 0 Å². The van der Waals surface area contributed by atoms with Gasteiger partial charge in [0.1, 0.15) is 5.82 Å². The molecular formula is C18H23ClN2. The van der Waals surface area contributed by atoms with Gasteiger partial charge in [0.05, 0.1) is 11.4 Å². The second-order valence-corrected chi connectivity index (χ2v) is 6.60. The van der Waals surface area contributed by atoms with Crippen molar-refractivity contribution in [3.8, 4) is 0 Å². The summed E-state index contributed by atoms with van der Waals surface area (Å²) in [5, 5.41) is 1.17. The van der Waals surface area contributed by atoms with E-state index in [1.54, 1.807) is 0 Å². The van der Waals surface area contributed by atoms with Crippen LogP contribution in [0, 0.1) is 5.92 Å². The van der Waals surface area contributed by atoms with Crippen molar-refractivity contribution < 1.29 is 0 Å². The summed E-state index contributed by atoms with van der Waals surface area (Å²) in [6.45, 7) is 2.36. The van der Waals surface area contributed by atoms with E-state index in [-0.39, 0.29) is 0 Å². The van der Waals surface area contributed by atoms with E-state index in [0.717, 1.165) is 22.8 Å². The van der Waals surface area contributed by atoms with Gasteiger partial charge in [-0.3, -0.25) is 0 Å². The Morgan fingerprint density at radius 3 is 2.86 bits per heavy atom. The molecule has 1 aromatic heterocycles. The second kappa shape index (κ2) is 6.23. The maximum atomic E-state index is 6.18. The summed E-state index contributed by atoms with van der Waals surface area (Å²) in [6.07, 6.45) is 5.20. The molecule has 0 saturated heterocycles. The fraction of sp³-hybridized carbons (Fsp3) is 0.500. The van der Waals surface area contributed by atoms with Crippen LogP contribution in [0.25, 0.3) is 10.9 Å². The summed E-state index contributed by atoms with van der Waals surface area (Å²) in [5.74, 6) is 2.38. The van der Waals surface area contributed by atoms with E-state index in [1.165, 1.54) is 31.1 Å². The molecule has 3 rings (SSSR count). The van der Waals surface area contributed by atoms with Gasteiger partial charge in [0.2, 0.25) is 0 Å². The molecular weight excluding hydrogens is 280 g/mol. The predicted molar refractivity (Wildman–Crippen MR) is 91.1 cm³/mol. The Hall–Kier alpha value is -1.28. The van der Waals surface area contributed by atoms with Gasteiger partial charge < -0.3 is 4.90 Å². The summed E-state index contributed by atoms with van der Waals surface area (Å²) < 4.78 is 0. The number of rotatable bonds is 3. The standard InChI is InChI=1S/C18H23ClN2/c1-13-6-5-8-16(10-13)21(2)18-15(12-19)11-14-7-3-4-9-17(14)20-18/h3-4,7,9,11,13,16H,5-6,8,10,12H2,1-2H3. The Kier molecular flexibility index (Phi) is 4.34. The van der Waals surface area contributed by atoms with Crippen LogP contribution in [0.4, 0.5) is 5.82 Å². The summed E-state index contributed by atoms with van der Waals surface area (Å²) >= 11 is 6.18. The molecule has 0 aliphatic heterocycles. The molecule has 1 heterocycles. The number of hydrogen-bond donors (Lipinski definition) is 0. The minimum Gasteiger partial charge on any atom is -0.356 e. The van der Waals surface area contributed by atoms with E-state index < -0.39 is 0 Å². The Bertz CT molecular complexity index is 626. The van der Waals surface area contributed by atoms with Gasteiger partial charge in [0, 0.05) is 24.0 Å². The third-order valence-electron chi connectivity index (χ3n) is 4.71. The van der Waals surface area contributed by atoms with Crippen molar-refractivity contribution in [2.45, 2.75) is 44.5 Å². The van der Waals surface area contributed by atoms with E-state index in [0.29, 0.717) is 11.9 Å². The molecule has 0 amide bonds. The van der Waals surface area contributed by atoms with Crippen molar-refractivity contribution in [2.75, 3.05) is 11.9 Å². The number of alkyl halides is 1. The minimum absolute atomic E-state index is 0.514.